The van der Waals surface area contributed by atoms with Gasteiger partial charge in [0.05, 0.1) is 12.2 Å². The van der Waals surface area contributed by atoms with Crippen molar-refractivity contribution in [3.63, 3.8) is 0 Å². The summed E-state index contributed by atoms with van der Waals surface area (Å²) in [5, 5.41) is 7.92. The summed E-state index contributed by atoms with van der Waals surface area (Å²) in [6, 6.07) is 6.16. The Hall–Kier alpha value is -2.37. The maximum absolute atomic E-state index is 4.83. The molecule has 3 heterocycles. The van der Waals surface area contributed by atoms with E-state index < -0.39 is 0 Å². The van der Waals surface area contributed by atoms with Gasteiger partial charge < -0.3 is 10.2 Å². The maximum Gasteiger partial charge on any atom is 0.194 e. The fraction of sp³-hybridized carbons (Fsp3) is 0.550. The average Bonchev–Trinajstić information content (AvgIpc) is 2.97. The number of guanidine groups is 1. The lowest BCUT2D eigenvalue weighted by molar-refractivity contribution is 0.266. The van der Waals surface area contributed by atoms with Crippen LogP contribution in [-0.2, 0) is 6.54 Å². The minimum atomic E-state index is 0.637. The van der Waals surface area contributed by atoms with Crippen molar-refractivity contribution in [2.75, 3.05) is 19.6 Å². The average molecular weight is 355 g/mol. The summed E-state index contributed by atoms with van der Waals surface area (Å²) in [5.74, 6) is 2.59. The highest BCUT2D eigenvalue weighted by molar-refractivity contribution is 5.80. The second kappa shape index (κ2) is 8.34. The van der Waals surface area contributed by atoms with E-state index >= 15 is 0 Å². The lowest BCUT2D eigenvalue weighted by atomic mass is 10.0. The summed E-state index contributed by atoms with van der Waals surface area (Å²) in [6.07, 6.45) is 4.45. The molecule has 0 aliphatic carbocycles. The van der Waals surface area contributed by atoms with Crippen LogP contribution in [0, 0.1) is 19.8 Å². The summed E-state index contributed by atoms with van der Waals surface area (Å²) in [7, 11) is 0. The number of aliphatic imine (C=N–C) groups is 1. The molecule has 2 aromatic rings. The van der Waals surface area contributed by atoms with Crippen LogP contribution >= 0.6 is 0 Å². The van der Waals surface area contributed by atoms with E-state index in [-0.39, 0.29) is 0 Å². The Morgan fingerprint density at radius 3 is 2.81 bits per heavy atom. The summed E-state index contributed by atoms with van der Waals surface area (Å²) in [5.41, 5.74) is 3.20. The lowest BCUT2D eigenvalue weighted by Crippen LogP contribution is -2.46. The topological polar surface area (TPSA) is 58.3 Å². The first-order valence-corrected chi connectivity index (χ1v) is 9.58. The van der Waals surface area contributed by atoms with Gasteiger partial charge in [-0.1, -0.05) is 13.0 Å². The van der Waals surface area contributed by atoms with Crippen LogP contribution in [0.4, 0.5) is 0 Å². The van der Waals surface area contributed by atoms with Crippen LogP contribution in [-0.4, -0.2) is 45.3 Å². The van der Waals surface area contributed by atoms with Crippen LogP contribution < -0.4 is 5.32 Å². The van der Waals surface area contributed by atoms with E-state index in [1.165, 1.54) is 12.8 Å². The number of hydrogen-bond donors (Lipinski definition) is 1. The molecule has 0 spiro atoms. The molecule has 3 rings (SSSR count). The first-order chi connectivity index (χ1) is 12.6. The molecule has 0 radical (unpaired) electrons. The minimum absolute atomic E-state index is 0.637. The van der Waals surface area contributed by atoms with Crippen LogP contribution in [0.5, 0.6) is 0 Å². The number of piperidine rings is 1. The SMILES string of the molecule is CCNC(=NCc1ccc(-n2nc(C)cc2C)nc1)N1CCCC(C)C1. The standard InChI is InChI=1S/C20H30N6/c1-5-21-20(25-10-6-7-15(2)14-25)23-13-18-8-9-19(22-12-18)26-17(4)11-16(3)24-26/h8-9,11-12,15H,5-7,10,13-14H2,1-4H3,(H,21,23). The molecule has 0 amide bonds. The monoisotopic (exact) mass is 354 g/mol. The number of nitrogens with zero attached hydrogens (tertiary/aromatic N) is 5. The van der Waals surface area contributed by atoms with Crippen molar-refractivity contribution in [3.05, 3.63) is 41.3 Å². The molecule has 2 aromatic heterocycles. The van der Waals surface area contributed by atoms with Crippen molar-refractivity contribution in [3.8, 4) is 5.82 Å². The van der Waals surface area contributed by atoms with Gasteiger partial charge in [0.15, 0.2) is 11.8 Å². The molecule has 6 heteroatoms. The molecule has 140 valence electrons. The van der Waals surface area contributed by atoms with E-state index in [0.29, 0.717) is 6.54 Å². The van der Waals surface area contributed by atoms with E-state index in [0.717, 1.165) is 54.3 Å². The summed E-state index contributed by atoms with van der Waals surface area (Å²) in [4.78, 5) is 11.8. The lowest BCUT2D eigenvalue weighted by Gasteiger charge is -2.33. The Morgan fingerprint density at radius 1 is 1.35 bits per heavy atom. The molecular weight excluding hydrogens is 324 g/mol. The van der Waals surface area contributed by atoms with E-state index in [2.05, 4.69) is 46.3 Å². The first-order valence-electron chi connectivity index (χ1n) is 9.58. The number of aromatic nitrogens is 3. The molecule has 6 nitrogen and oxygen atoms in total. The normalized spacial score (nSPS) is 18.2. The van der Waals surface area contributed by atoms with Crippen LogP contribution in [0.2, 0.25) is 0 Å². The molecule has 1 unspecified atom stereocenters. The zero-order valence-electron chi connectivity index (χ0n) is 16.4. The molecule has 0 bridgehead atoms. The van der Waals surface area contributed by atoms with Gasteiger partial charge >= 0.3 is 0 Å². The molecule has 1 atom stereocenters. The molecule has 0 aromatic carbocycles. The summed E-state index contributed by atoms with van der Waals surface area (Å²) in [6.45, 7) is 12.2. The number of aryl methyl sites for hydroxylation is 2. The molecular formula is C20H30N6. The molecule has 1 aliphatic heterocycles. The molecule has 0 saturated carbocycles. The molecule has 1 fully saturated rings. The predicted octanol–water partition coefficient (Wildman–Crippen LogP) is 3.08. The van der Waals surface area contributed by atoms with Crippen LogP contribution in [0.1, 0.15) is 43.6 Å². The zero-order valence-corrected chi connectivity index (χ0v) is 16.4. The zero-order chi connectivity index (χ0) is 18.5. The number of likely N-dealkylation sites (tertiary alicyclic amines) is 1. The highest BCUT2D eigenvalue weighted by Gasteiger charge is 2.19. The van der Waals surface area contributed by atoms with Crippen molar-refractivity contribution in [2.24, 2.45) is 10.9 Å². The number of pyridine rings is 1. The molecule has 26 heavy (non-hydrogen) atoms. The first kappa shape index (κ1) is 18.4. The van der Waals surface area contributed by atoms with Gasteiger partial charge in [-0.2, -0.15) is 5.10 Å². The fourth-order valence-electron chi connectivity index (χ4n) is 3.47. The summed E-state index contributed by atoms with van der Waals surface area (Å²) >= 11 is 0. The van der Waals surface area contributed by atoms with Gasteiger partial charge in [-0.05, 0) is 57.2 Å². The minimum Gasteiger partial charge on any atom is -0.357 e. The second-order valence-electron chi connectivity index (χ2n) is 7.23. The second-order valence-corrected chi connectivity index (χ2v) is 7.23. The Labute approximate surface area is 156 Å². The van der Waals surface area contributed by atoms with Crippen LogP contribution in [0.25, 0.3) is 5.82 Å². The number of nitrogens with one attached hydrogen (secondary N) is 1. The predicted molar refractivity (Wildman–Crippen MR) is 106 cm³/mol. The Balaban J connectivity index is 1.70. The fourth-order valence-corrected chi connectivity index (χ4v) is 3.47. The van der Waals surface area contributed by atoms with Gasteiger partial charge in [0.1, 0.15) is 0 Å². The Bertz CT molecular complexity index is 746. The maximum atomic E-state index is 4.83. The van der Waals surface area contributed by atoms with Crippen molar-refractivity contribution in [1.29, 1.82) is 0 Å². The van der Waals surface area contributed by atoms with Gasteiger partial charge in [-0.15, -0.1) is 0 Å². The van der Waals surface area contributed by atoms with Crippen molar-refractivity contribution in [2.45, 2.75) is 47.1 Å². The third-order valence-corrected chi connectivity index (χ3v) is 4.74. The van der Waals surface area contributed by atoms with Gasteiger partial charge in [0.2, 0.25) is 0 Å². The van der Waals surface area contributed by atoms with Crippen molar-refractivity contribution >= 4 is 5.96 Å². The molecule has 1 saturated heterocycles. The molecule has 1 N–H and O–H groups in total. The third-order valence-electron chi connectivity index (χ3n) is 4.74. The van der Waals surface area contributed by atoms with E-state index in [4.69, 9.17) is 4.99 Å². The Kier molecular flexibility index (Phi) is 5.91. The van der Waals surface area contributed by atoms with E-state index in [9.17, 15) is 0 Å². The summed E-state index contributed by atoms with van der Waals surface area (Å²) < 4.78 is 1.88. The smallest absolute Gasteiger partial charge is 0.194 e. The highest BCUT2D eigenvalue weighted by atomic mass is 15.3. The van der Waals surface area contributed by atoms with Gasteiger partial charge in [-0.25, -0.2) is 14.7 Å². The van der Waals surface area contributed by atoms with Crippen LogP contribution in [0.3, 0.4) is 0 Å². The van der Waals surface area contributed by atoms with Crippen molar-refractivity contribution < 1.29 is 0 Å². The molecule has 1 aliphatic rings. The van der Waals surface area contributed by atoms with Crippen molar-refractivity contribution in [1.82, 2.24) is 25.0 Å². The third kappa shape index (κ3) is 4.42. The quantitative estimate of drug-likeness (QED) is 0.677. The highest BCUT2D eigenvalue weighted by Crippen LogP contribution is 2.16. The Morgan fingerprint density at radius 2 is 2.19 bits per heavy atom. The van der Waals surface area contributed by atoms with E-state index in [1.54, 1.807) is 0 Å². The largest absolute Gasteiger partial charge is 0.357 e. The number of hydrogen-bond acceptors (Lipinski definition) is 3. The van der Waals surface area contributed by atoms with Gasteiger partial charge in [-0.3, -0.25) is 0 Å². The van der Waals surface area contributed by atoms with E-state index in [1.807, 2.05) is 30.8 Å². The van der Waals surface area contributed by atoms with Gasteiger partial charge in [0, 0.05) is 31.5 Å². The van der Waals surface area contributed by atoms with Crippen LogP contribution in [0.15, 0.2) is 29.4 Å². The van der Waals surface area contributed by atoms with Gasteiger partial charge in [0.25, 0.3) is 0 Å². The number of rotatable bonds is 4.